The summed E-state index contributed by atoms with van der Waals surface area (Å²) >= 11 is 0. The number of aryl methyl sites for hydroxylation is 3. The van der Waals surface area contributed by atoms with Crippen LogP contribution in [-0.4, -0.2) is 72.3 Å². The highest BCUT2D eigenvalue weighted by Gasteiger charge is 2.22. The first-order valence-electron chi connectivity index (χ1n) is 12.7. The van der Waals surface area contributed by atoms with Crippen molar-refractivity contribution in [2.24, 2.45) is 0 Å². The smallest absolute Gasteiger partial charge is 0.409 e. The molecule has 7 nitrogen and oxygen atoms in total. The maximum Gasteiger partial charge on any atom is 0.409 e. The van der Waals surface area contributed by atoms with Crippen LogP contribution < -0.4 is 4.74 Å². The number of ether oxygens (including phenoxy) is 2. The lowest BCUT2D eigenvalue weighted by Gasteiger charge is -2.34. The second-order valence-corrected chi connectivity index (χ2v) is 8.76. The SMILES string of the molecule is CCOC(=O)N1CCN(CCCCc2c(C)nc(-c3c(CC)cccc3CC)nc2OC)CC1. The summed E-state index contributed by atoms with van der Waals surface area (Å²) in [6.45, 7) is 13.0. The number of nitrogens with zero attached hydrogens (tertiary/aromatic N) is 4. The number of benzene rings is 1. The summed E-state index contributed by atoms with van der Waals surface area (Å²) in [5.74, 6) is 1.46. The summed E-state index contributed by atoms with van der Waals surface area (Å²) in [5.41, 5.74) is 5.80. The molecule has 1 aliphatic rings. The van der Waals surface area contributed by atoms with Gasteiger partial charge in [-0.15, -0.1) is 0 Å². The predicted molar refractivity (Wildman–Crippen MR) is 135 cm³/mol. The van der Waals surface area contributed by atoms with Crippen molar-refractivity contribution in [3.63, 3.8) is 0 Å². The zero-order chi connectivity index (χ0) is 24.5. The Morgan fingerprint density at radius 1 is 1.00 bits per heavy atom. The summed E-state index contributed by atoms with van der Waals surface area (Å²) < 4.78 is 10.8. The van der Waals surface area contributed by atoms with Crippen LogP contribution in [0.3, 0.4) is 0 Å². The highest BCUT2D eigenvalue weighted by molar-refractivity contribution is 5.67. The maximum atomic E-state index is 11.9. The van der Waals surface area contributed by atoms with E-state index in [4.69, 9.17) is 19.4 Å². The van der Waals surface area contributed by atoms with Gasteiger partial charge in [-0.1, -0.05) is 32.0 Å². The molecule has 0 unspecified atom stereocenters. The minimum absolute atomic E-state index is 0.194. The molecule has 0 spiro atoms. The van der Waals surface area contributed by atoms with Gasteiger partial charge in [0.25, 0.3) is 0 Å². The fraction of sp³-hybridized carbons (Fsp3) is 0.593. The van der Waals surface area contributed by atoms with E-state index in [2.05, 4.69) is 43.9 Å². The molecule has 1 aromatic heterocycles. The van der Waals surface area contributed by atoms with Crippen LogP contribution in [0.2, 0.25) is 0 Å². The second kappa shape index (κ2) is 12.7. The molecule has 0 radical (unpaired) electrons. The molecule has 0 N–H and O–H groups in total. The lowest BCUT2D eigenvalue weighted by atomic mass is 9.96. The van der Waals surface area contributed by atoms with E-state index in [0.29, 0.717) is 12.5 Å². The van der Waals surface area contributed by atoms with Gasteiger partial charge < -0.3 is 14.4 Å². The van der Waals surface area contributed by atoms with Crippen LogP contribution in [0, 0.1) is 6.92 Å². The third kappa shape index (κ3) is 6.26. The Bertz CT molecular complexity index is 933. The lowest BCUT2D eigenvalue weighted by molar-refractivity contribution is 0.0792. The summed E-state index contributed by atoms with van der Waals surface area (Å²) in [5, 5.41) is 0. The van der Waals surface area contributed by atoms with Crippen LogP contribution in [-0.2, 0) is 24.0 Å². The van der Waals surface area contributed by atoms with Crippen molar-refractivity contribution in [1.29, 1.82) is 0 Å². The summed E-state index contributed by atoms with van der Waals surface area (Å²) in [4.78, 5) is 25.9. The Balaban J connectivity index is 1.60. The quantitative estimate of drug-likeness (QED) is 0.472. The molecule has 1 amide bonds. The molecule has 0 atom stereocenters. The van der Waals surface area contributed by atoms with Crippen molar-refractivity contribution in [3.8, 4) is 17.3 Å². The second-order valence-electron chi connectivity index (χ2n) is 8.76. The molecule has 0 bridgehead atoms. The molecule has 34 heavy (non-hydrogen) atoms. The topological polar surface area (TPSA) is 67.8 Å². The number of rotatable bonds is 10. The van der Waals surface area contributed by atoms with Crippen molar-refractivity contribution in [2.45, 2.75) is 59.8 Å². The molecule has 0 aliphatic carbocycles. The van der Waals surface area contributed by atoms with Crippen molar-refractivity contribution in [3.05, 3.63) is 40.6 Å². The standard InChI is InChI=1S/C27H40N4O3/c1-6-21-12-11-13-22(7-2)24(21)25-28-20(4)23(26(29-25)33-5)14-9-10-15-30-16-18-31(19-17-30)27(32)34-8-3/h11-13H,6-10,14-19H2,1-5H3. The largest absolute Gasteiger partial charge is 0.481 e. The highest BCUT2D eigenvalue weighted by Crippen LogP contribution is 2.30. The van der Waals surface area contributed by atoms with Crippen LogP contribution in [0.15, 0.2) is 18.2 Å². The van der Waals surface area contributed by atoms with Gasteiger partial charge in [-0.05, 0) is 63.6 Å². The van der Waals surface area contributed by atoms with E-state index in [1.165, 1.54) is 11.1 Å². The third-order valence-corrected chi connectivity index (χ3v) is 6.64. The number of aromatic nitrogens is 2. The van der Waals surface area contributed by atoms with Crippen molar-refractivity contribution in [2.75, 3.05) is 46.4 Å². The molecule has 2 heterocycles. The molecule has 1 fully saturated rings. The predicted octanol–water partition coefficient (Wildman–Crippen LogP) is 4.68. The van der Waals surface area contributed by atoms with Crippen molar-refractivity contribution >= 4 is 6.09 Å². The highest BCUT2D eigenvalue weighted by atomic mass is 16.6. The normalized spacial score (nSPS) is 14.3. The molecule has 0 saturated carbocycles. The maximum absolute atomic E-state index is 11.9. The van der Waals surface area contributed by atoms with E-state index in [-0.39, 0.29) is 6.09 Å². The molecular formula is C27H40N4O3. The average molecular weight is 469 g/mol. The molecule has 1 aromatic carbocycles. The summed E-state index contributed by atoms with van der Waals surface area (Å²) in [6, 6.07) is 6.45. The summed E-state index contributed by atoms with van der Waals surface area (Å²) in [7, 11) is 1.70. The number of unbranched alkanes of at least 4 members (excludes halogenated alkanes) is 1. The zero-order valence-corrected chi connectivity index (χ0v) is 21.5. The van der Waals surface area contributed by atoms with Gasteiger partial charge in [0.2, 0.25) is 5.88 Å². The first-order valence-corrected chi connectivity index (χ1v) is 12.7. The van der Waals surface area contributed by atoms with E-state index >= 15 is 0 Å². The minimum Gasteiger partial charge on any atom is -0.481 e. The number of amides is 1. The van der Waals surface area contributed by atoms with Crippen LogP contribution in [0.5, 0.6) is 5.88 Å². The monoisotopic (exact) mass is 468 g/mol. The van der Waals surface area contributed by atoms with Crippen LogP contribution in [0.25, 0.3) is 11.4 Å². The van der Waals surface area contributed by atoms with Gasteiger partial charge in [-0.3, -0.25) is 4.90 Å². The number of hydrogen-bond acceptors (Lipinski definition) is 6. The lowest BCUT2D eigenvalue weighted by Crippen LogP contribution is -2.49. The number of carbonyl (C=O) groups excluding carboxylic acids is 1. The van der Waals surface area contributed by atoms with E-state index in [9.17, 15) is 4.79 Å². The van der Waals surface area contributed by atoms with Gasteiger partial charge in [-0.2, -0.15) is 4.98 Å². The molecular weight excluding hydrogens is 428 g/mol. The van der Waals surface area contributed by atoms with E-state index in [1.807, 2.05) is 6.92 Å². The fourth-order valence-corrected chi connectivity index (χ4v) is 4.67. The van der Waals surface area contributed by atoms with E-state index in [0.717, 1.165) is 87.5 Å². The molecule has 3 rings (SSSR count). The van der Waals surface area contributed by atoms with Gasteiger partial charge >= 0.3 is 6.09 Å². The van der Waals surface area contributed by atoms with Gasteiger partial charge in [-0.25, -0.2) is 9.78 Å². The van der Waals surface area contributed by atoms with Crippen LogP contribution in [0.4, 0.5) is 4.79 Å². The first kappa shape index (κ1) is 25.9. The molecule has 1 aliphatic heterocycles. The Morgan fingerprint density at radius 3 is 2.26 bits per heavy atom. The minimum atomic E-state index is -0.194. The average Bonchev–Trinajstić information content (AvgIpc) is 2.86. The third-order valence-electron chi connectivity index (χ3n) is 6.64. The summed E-state index contributed by atoms with van der Waals surface area (Å²) in [6.07, 6.45) is 4.73. The van der Waals surface area contributed by atoms with Crippen molar-refractivity contribution < 1.29 is 14.3 Å². The van der Waals surface area contributed by atoms with E-state index in [1.54, 1.807) is 12.0 Å². The van der Waals surface area contributed by atoms with Crippen LogP contribution in [0.1, 0.15) is 56.0 Å². The zero-order valence-electron chi connectivity index (χ0n) is 21.5. The molecule has 2 aromatic rings. The van der Waals surface area contributed by atoms with E-state index < -0.39 is 0 Å². The Labute approximate surface area is 204 Å². The molecule has 186 valence electrons. The van der Waals surface area contributed by atoms with Gasteiger partial charge in [0, 0.05) is 43.0 Å². The number of carbonyl (C=O) groups is 1. The van der Waals surface area contributed by atoms with Gasteiger partial charge in [0.15, 0.2) is 5.82 Å². The van der Waals surface area contributed by atoms with Gasteiger partial charge in [0.05, 0.1) is 13.7 Å². The molecule has 1 saturated heterocycles. The number of piperazine rings is 1. The Kier molecular flexibility index (Phi) is 9.69. The van der Waals surface area contributed by atoms with Crippen molar-refractivity contribution in [1.82, 2.24) is 19.8 Å². The van der Waals surface area contributed by atoms with Gasteiger partial charge in [0.1, 0.15) is 0 Å². The fourth-order valence-electron chi connectivity index (χ4n) is 4.67. The Morgan fingerprint density at radius 2 is 1.68 bits per heavy atom. The Hall–Kier alpha value is -2.67. The first-order chi connectivity index (χ1) is 16.5. The number of methoxy groups -OCH3 is 1. The van der Waals surface area contributed by atoms with Crippen LogP contribution >= 0.6 is 0 Å². The number of hydrogen-bond donors (Lipinski definition) is 0. The molecule has 7 heteroatoms.